The fraction of sp³-hybridized carbons (Fsp3) is 0.778. The van der Waals surface area contributed by atoms with Crippen LogP contribution in [0.4, 0.5) is 0 Å². The Balaban J connectivity index is 2.77. The fourth-order valence-electron chi connectivity index (χ4n) is 1.74. The van der Waals surface area contributed by atoms with E-state index in [1.54, 1.807) is 6.92 Å². The Hall–Kier alpha value is -0.730. The Labute approximate surface area is 106 Å². The Morgan fingerprint density at radius 3 is 2.82 bits per heavy atom. The Morgan fingerprint density at radius 2 is 2.35 bits per heavy atom. The van der Waals surface area contributed by atoms with Crippen LogP contribution in [-0.4, -0.2) is 37.2 Å². The van der Waals surface area contributed by atoms with Crippen molar-refractivity contribution >= 4 is 33.1 Å². The molecule has 2 atom stereocenters. The second-order valence-electron chi connectivity index (χ2n) is 3.95. The monoisotopic (exact) mass is 279 g/mol. The number of carbonyl (C=O) groups excluding carboxylic acids is 1. The van der Waals surface area contributed by atoms with Gasteiger partial charge in [0.25, 0.3) is 0 Å². The van der Waals surface area contributed by atoms with Crippen LogP contribution in [0.3, 0.4) is 0 Å². The van der Waals surface area contributed by atoms with Crippen LogP contribution in [0.5, 0.6) is 0 Å². The van der Waals surface area contributed by atoms with Crippen LogP contribution in [0, 0.1) is 0 Å². The van der Waals surface area contributed by atoms with Crippen molar-refractivity contribution in [3.05, 3.63) is 0 Å². The van der Waals surface area contributed by atoms with Crippen molar-refractivity contribution in [1.82, 2.24) is 10.0 Å². The highest BCUT2D eigenvalue weighted by Crippen LogP contribution is 2.10. The molecule has 2 unspecified atom stereocenters. The maximum atomic E-state index is 12.0. The summed E-state index contributed by atoms with van der Waals surface area (Å²) < 4.78 is 26.3. The highest BCUT2D eigenvalue weighted by atomic mass is 32.2. The van der Waals surface area contributed by atoms with Crippen molar-refractivity contribution in [2.75, 3.05) is 6.54 Å². The van der Waals surface area contributed by atoms with Crippen molar-refractivity contribution in [3.8, 4) is 0 Å². The average Bonchev–Trinajstić information content (AvgIpc) is 2.21. The molecule has 1 aliphatic rings. The molecule has 0 bridgehead atoms. The van der Waals surface area contributed by atoms with E-state index in [0.717, 1.165) is 6.42 Å². The smallest absolute Gasteiger partial charge is 0.238 e. The maximum Gasteiger partial charge on any atom is 0.238 e. The standard InChI is InChI=1S/C9H17N3O3S2/c1-2-7(8(10)16)17(14,15)12-6-4-3-5-11-9(6)13/h6-7,12H,2-5H2,1H3,(H2,10,16)(H,11,13). The van der Waals surface area contributed by atoms with Crippen LogP contribution in [0.2, 0.25) is 0 Å². The van der Waals surface area contributed by atoms with Gasteiger partial charge in [-0.05, 0) is 19.3 Å². The van der Waals surface area contributed by atoms with E-state index in [2.05, 4.69) is 10.0 Å². The number of carbonyl (C=O) groups is 1. The third-order valence-electron chi connectivity index (χ3n) is 2.65. The Morgan fingerprint density at radius 1 is 1.71 bits per heavy atom. The molecule has 0 aromatic carbocycles. The lowest BCUT2D eigenvalue weighted by molar-refractivity contribution is -0.124. The summed E-state index contributed by atoms with van der Waals surface area (Å²) in [6.07, 6.45) is 1.54. The fourth-order valence-corrected chi connectivity index (χ4v) is 3.82. The predicted octanol–water partition coefficient (Wildman–Crippen LogP) is -0.751. The van der Waals surface area contributed by atoms with Gasteiger partial charge in [0, 0.05) is 6.54 Å². The summed E-state index contributed by atoms with van der Waals surface area (Å²) in [7, 11) is -3.68. The van der Waals surface area contributed by atoms with E-state index in [0.29, 0.717) is 19.4 Å². The lowest BCUT2D eigenvalue weighted by atomic mass is 10.1. The minimum Gasteiger partial charge on any atom is -0.392 e. The molecule has 8 heteroatoms. The number of hydrogen-bond acceptors (Lipinski definition) is 4. The summed E-state index contributed by atoms with van der Waals surface area (Å²) in [6.45, 7) is 2.27. The molecule has 4 N–H and O–H groups in total. The van der Waals surface area contributed by atoms with Crippen LogP contribution in [0.25, 0.3) is 0 Å². The minimum atomic E-state index is -3.68. The van der Waals surface area contributed by atoms with E-state index in [-0.39, 0.29) is 10.9 Å². The number of thiocarbonyl (C=S) groups is 1. The van der Waals surface area contributed by atoms with E-state index in [1.165, 1.54) is 0 Å². The highest BCUT2D eigenvalue weighted by Gasteiger charge is 2.32. The van der Waals surface area contributed by atoms with Gasteiger partial charge in [0.2, 0.25) is 15.9 Å². The molecule has 1 rings (SSSR count). The van der Waals surface area contributed by atoms with E-state index in [9.17, 15) is 13.2 Å². The number of sulfonamides is 1. The van der Waals surface area contributed by atoms with E-state index in [4.69, 9.17) is 18.0 Å². The molecule has 1 saturated heterocycles. The summed E-state index contributed by atoms with van der Waals surface area (Å²) in [5, 5.41) is 1.69. The SMILES string of the molecule is CCC(C(N)=S)S(=O)(=O)NC1CCCNC1=O. The number of rotatable bonds is 5. The number of nitrogens with one attached hydrogen (secondary N) is 2. The zero-order chi connectivity index (χ0) is 13.1. The molecule has 0 spiro atoms. The molecule has 0 radical (unpaired) electrons. The second-order valence-corrected chi connectivity index (χ2v) is 6.31. The van der Waals surface area contributed by atoms with E-state index < -0.39 is 21.3 Å². The summed E-state index contributed by atoms with van der Waals surface area (Å²) in [5.74, 6) is -0.294. The highest BCUT2D eigenvalue weighted by molar-refractivity contribution is 7.93. The first kappa shape index (κ1) is 14.3. The normalized spacial score (nSPS) is 22.9. The molecule has 17 heavy (non-hydrogen) atoms. The molecule has 1 heterocycles. The molecular weight excluding hydrogens is 262 g/mol. The number of piperidine rings is 1. The van der Waals surface area contributed by atoms with Crippen LogP contribution in [-0.2, 0) is 14.8 Å². The number of amides is 1. The molecular formula is C9H17N3O3S2. The van der Waals surface area contributed by atoms with Gasteiger partial charge in [-0.2, -0.15) is 0 Å². The summed E-state index contributed by atoms with van der Waals surface area (Å²) in [4.78, 5) is 11.4. The molecule has 0 aromatic heterocycles. The zero-order valence-electron chi connectivity index (χ0n) is 9.60. The van der Waals surface area contributed by atoms with Gasteiger partial charge in [-0.3, -0.25) is 4.79 Å². The topological polar surface area (TPSA) is 101 Å². The first-order chi connectivity index (χ1) is 7.88. The van der Waals surface area contributed by atoms with Crippen molar-refractivity contribution in [3.63, 3.8) is 0 Å². The molecule has 0 saturated carbocycles. The van der Waals surface area contributed by atoms with Crippen molar-refractivity contribution in [2.24, 2.45) is 5.73 Å². The average molecular weight is 279 g/mol. The Bertz CT molecular complexity index is 408. The van der Waals surface area contributed by atoms with Gasteiger partial charge < -0.3 is 11.1 Å². The van der Waals surface area contributed by atoms with Crippen molar-refractivity contribution in [2.45, 2.75) is 37.5 Å². The maximum absolute atomic E-state index is 12.0. The molecule has 0 aromatic rings. The van der Waals surface area contributed by atoms with Crippen LogP contribution in [0.1, 0.15) is 26.2 Å². The molecule has 1 fully saturated rings. The van der Waals surface area contributed by atoms with Crippen LogP contribution in [0.15, 0.2) is 0 Å². The zero-order valence-corrected chi connectivity index (χ0v) is 11.2. The summed E-state index contributed by atoms with van der Waals surface area (Å²) >= 11 is 4.72. The third kappa shape index (κ3) is 3.62. The number of nitrogens with two attached hydrogens (primary N) is 1. The van der Waals surface area contributed by atoms with E-state index in [1.807, 2.05) is 0 Å². The number of hydrogen-bond donors (Lipinski definition) is 3. The molecule has 6 nitrogen and oxygen atoms in total. The van der Waals surface area contributed by atoms with Gasteiger partial charge in [0.1, 0.15) is 11.3 Å². The quantitative estimate of drug-likeness (QED) is 0.575. The van der Waals surface area contributed by atoms with Gasteiger partial charge in [0.15, 0.2) is 0 Å². The lowest BCUT2D eigenvalue weighted by Crippen LogP contribution is -2.53. The first-order valence-corrected chi connectivity index (χ1v) is 7.42. The minimum absolute atomic E-state index is 0.0729. The lowest BCUT2D eigenvalue weighted by Gasteiger charge is -2.24. The van der Waals surface area contributed by atoms with Gasteiger partial charge in [-0.25, -0.2) is 13.1 Å². The Kier molecular flexibility index (Phi) is 4.84. The molecule has 1 amide bonds. The third-order valence-corrected chi connectivity index (χ3v) is 5.04. The van der Waals surface area contributed by atoms with Crippen molar-refractivity contribution in [1.29, 1.82) is 0 Å². The van der Waals surface area contributed by atoms with E-state index >= 15 is 0 Å². The summed E-state index contributed by atoms with van der Waals surface area (Å²) in [5.41, 5.74) is 5.38. The first-order valence-electron chi connectivity index (χ1n) is 5.46. The summed E-state index contributed by atoms with van der Waals surface area (Å²) in [6, 6.07) is -0.711. The van der Waals surface area contributed by atoms with Crippen LogP contribution >= 0.6 is 12.2 Å². The molecule has 1 aliphatic heterocycles. The van der Waals surface area contributed by atoms with Gasteiger partial charge in [-0.1, -0.05) is 19.1 Å². The molecule has 98 valence electrons. The van der Waals surface area contributed by atoms with Gasteiger partial charge in [0.05, 0.1) is 4.99 Å². The predicted molar refractivity (Wildman–Crippen MR) is 69.0 cm³/mol. The van der Waals surface area contributed by atoms with Crippen molar-refractivity contribution < 1.29 is 13.2 Å². The molecule has 0 aliphatic carbocycles. The van der Waals surface area contributed by atoms with Crippen LogP contribution < -0.4 is 15.8 Å². The second kappa shape index (κ2) is 5.74. The van der Waals surface area contributed by atoms with Gasteiger partial charge >= 0.3 is 0 Å². The van der Waals surface area contributed by atoms with Gasteiger partial charge in [-0.15, -0.1) is 0 Å². The largest absolute Gasteiger partial charge is 0.392 e.